The van der Waals surface area contributed by atoms with E-state index in [9.17, 15) is 15.3 Å². The summed E-state index contributed by atoms with van der Waals surface area (Å²) >= 11 is 0. The molecular formula is C25H40O5. The molecule has 7 atom stereocenters. The number of rotatable bonds is 7. The van der Waals surface area contributed by atoms with Crippen LogP contribution in [-0.4, -0.2) is 52.1 Å². The van der Waals surface area contributed by atoms with Gasteiger partial charge < -0.3 is 24.8 Å². The molecule has 2 rings (SSSR count). The standard InChI is InChI=1S/C25H40O5/c1-8-25(7)13-11-18(14-19(25)16(2)3)17(4)10-9-12-24(5,6)30-23-22(28)21(27)20(26)15-29-23/h8-10,12,18-23,26-28H,1-2,11,13-15H2,3-7H3/b12-9+,17-10+/t18?,19?,20-,21-,22+,23-,25?/m1/s1. The van der Waals surface area contributed by atoms with Crippen LogP contribution < -0.4 is 0 Å². The molecule has 0 radical (unpaired) electrons. The first-order valence-electron chi connectivity index (χ1n) is 10.9. The highest BCUT2D eigenvalue weighted by molar-refractivity contribution is 5.20. The molecule has 0 bridgehead atoms. The maximum atomic E-state index is 10.1. The van der Waals surface area contributed by atoms with Gasteiger partial charge in [-0.15, -0.1) is 6.58 Å². The Kier molecular flexibility index (Phi) is 8.28. The number of aliphatic hydroxyl groups is 3. The van der Waals surface area contributed by atoms with E-state index in [-0.39, 0.29) is 12.0 Å². The number of ether oxygens (including phenoxy) is 2. The summed E-state index contributed by atoms with van der Waals surface area (Å²) in [6.07, 6.45) is 6.76. The zero-order valence-electron chi connectivity index (χ0n) is 19.2. The van der Waals surface area contributed by atoms with Crippen LogP contribution in [0, 0.1) is 17.3 Å². The predicted molar refractivity (Wildman–Crippen MR) is 120 cm³/mol. The van der Waals surface area contributed by atoms with Crippen molar-refractivity contribution in [3.63, 3.8) is 0 Å². The fraction of sp³-hybridized carbons (Fsp3) is 0.680. The van der Waals surface area contributed by atoms with Gasteiger partial charge in [0.25, 0.3) is 0 Å². The highest BCUT2D eigenvalue weighted by atomic mass is 16.7. The second-order valence-corrected chi connectivity index (χ2v) is 9.82. The Morgan fingerprint density at radius 2 is 1.87 bits per heavy atom. The van der Waals surface area contributed by atoms with Gasteiger partial charge in [0.1, 0.15) is 18.3 Å². The molecule has 0 aromatic heterocycles. The summed E-state index contributed by atoms with van der Waals surface area (Å²) in [5.41, 5.74) is 1.96. The third-order valence-electron chi connectivity index (χ3n) is 6.78. The van der Waals surface area contributed by atoms with Crippen molar-refractivity contribution < 1.29 is 24.8 Å². The van der Waals surface area contributed by atoms with Crippen molar-refractivity contribution in [2.24, 2.45) is 17.3 Å². The van der Waals surface area contributed by atoms with Crippen LogP contribution in [-0.2, 0) is 9.47 Å². The van der Waals surface area contributed by atoms with E-state index in [1.807, 2.05) is 26.0 Å². The lowest BCUT2D eigenvalue weighted by Crippen LogP contribution is -2.55. The molecule has 1 saturated carbocycles. The van der Waals surface area contributed by atoms with Gasteiger partial charge in [-0.2, -0.15) is 0 Å². The zero-order valence-corrected chi connectivity index (χ0v) is 19.2. The fourth-order valence-corrected chi connectivity index (χ4v) is 4.54. The minimum Gasteiger partial charge on any atom is -0.388 e. The third kappa shape index (κ3) is 5.92. The van der Waals surface area contributed by atoms with Gasteiger partial charge in [0, 0.05) is 0 Å². The van der Waals surface area contributed by atoms with Crippen molar-refractivity contribution in [1.29, 1.82) is 0 Å². The molecule has 1 heterocycles. The Morgan fingerprint density at radius 1 is 1.20 bits per heavy atom. The summed E-state index contributed by atoms with van der Waals surface area (Å²) in [4.78, 5) is 0. The summed E-state index contributed by atoms with van der Waals surface area (Å²) in [7, 11) is 0. The largest absolute Gasteiger partial charge is 0.388 e. The lowest BCUT2D eigenvalue weighted by Gasteiger charge is -2.43. The molecule has 0 aromatic rings. The normalized spacial score (nSPS) is 38.6. The monoisotopic (exact) mass is 420 g/mol. The third-order valence-corrected chi connectivity index (χ3v) is 6.78. The van der Waals surface area contributed by atoms with Crippen LogP contribution in [0.1, 0.15) is 53.9 Å². The lowest BCUT2D eigenvalue weighted by atomic mass is 9.61. The lowest BCUT2D eigenvalue weighted by molar-refractivity contribution is -0.289. The maximum absolute atomic E-state index is 10.1. The molecular weight excluding hydrogens is 380 g/mol. The highest BCUT2D eigenvalue weighted by Gasteiger charge is 2.40. The minimum atomic E-state index is -1.29. The van der Waals surface area contributed by atoms with Gasteiger partial charge in [0.05, 0.1) is 12.2 Å². The van der Waals surface area contributed by atoms with Crippen molar-refractivity contribution in [3.8, 4) is 0 Å². The van der Waals surface area contributed by atoms with Gasteiger partial charge in [-0.3, -0.25) is 0 Å². The highest BCUT2D eigenvalue weighted by Crippen LogP contribution is 2.48. The van der Waals surface area contributed by atoms with Crippen LogP contribution in [0.25, 0.3) is 0 Å². The second-order valence-electron chi connectivity index (χ2n) is 9.82. The summed E-state index contributed by atoms with van der Waals surface area (Å²) < 4.78 is 11.2. The van der Waals surface area contributed by atoms with E-state index in [0.29, 0.717) is 11.8 Å². The zero-order chi connectivity index (χ0) is 22.7. The van der Waals surface area contributed by atoms with Crippen molar-refractivity contribution >= 4 is 0 Å². The van der Waals surface area contributed by atoms with Gasteiger partial charge in [0.15, 0.2) is 6.29 Å². The molecule has 5 heteroatoms. The van der Waals surface area contributed by atoms with Crippen molar-refractivity contribution in [3.05, 3.63) is 48.6 Å². The Morgan fingerprint density at radius 3 is 2.47 bits per heavy atom. The topological polar surface area (TPSA) is 79.2 Å². The summed E-state index contributed by atoms with van der Waals surface area (Å²) in [5, 5.41) is 29.5. The SMILES string of the molecule is C=CC1(C)CCC(/C(C)=C/C=C/C(C)(C)O[C@H]2OC[C@@H](O)[C@@H](O)[C@@H]2O)CC1C(=C)C. The van der Waals surface area contributed by atoms with Crippen LogP contribution >= 0.6 is 0 Å². The van der Waals surface area contributed by atoms with E-state index in [1.54, 1.807) is 0 Å². The van der Waals surface area contributed by atoms with Crippen molar-refractivity contribution in [2.45, 2.75) is 84.1 Å². The first-order valence-corrected chi connectivity index (χ1v) is 10.9. The van der Waals surface area contributed by atoms with E-state index < -0.39 is 30.2 Å². The van der Waals surface area contributed by atoms with Crippen LogP contribution in [0.4, 0.5) is 0 Å². The van der Waals surface area contributed by atoms with Crippen LogP contribution in [0.15, 0.2) is 48.6 Å². The summed E-state index contributed by atoms with van der Waals surface area (Å²) in [6.45, 7) is 18.5. The molecule has 5 nitrogen and oxygen atoms in total. The fourth-order valence-electron chi connectivity index (χ4n) is 4.54. The Bertz CT molecular complexity index is 679. The molecule has 1 aliphatic carbocycles. The summed E-state index contributed by atoms with van der Waals surface area (Å²) in [6, 6.07) is 0. The minimum absolute atomic E-state index is 0.0725. The van der Waals surface area contributed by atoms with Gasteiger partial charge >= 0.3 is 0 Å². The molecule has 1 saturated heterocycles. The van der Waals surface area contributed by atoms with Gasteiger partial charge in [-0.05, 0) is 64.2 Å². The van der Waals surface area contributed by atoms with E-state index in [0.717, 1.165) is 19.3 Å². The maximum Gasteiger partial charge on any atom is 0.187 e. The smallest absolute Gasteiger partial charge is 0.187 e. The predicted octanol–water partition coefficient (Wildman–Crippen LogP) is 3.91. The molecule has 2 aliphatic rings. The molecule has 3 N–H and O–H groups in total. The number of allylic oxidation sites excluding steroid dienone is 5. The molecule has 2 fully saturated rings. The van der Waals surface area contributed by atoms with E-state index >= 15 is 0 Å². The van der Waals surface area contributed by atoms with Gasteiger partial charge in [0.2, 0.25) is 0 Å². The Labute approximate surface area is 181 Å². The van der Waals surface area contributed by atoms with Crippen LogP contribution in [0.2, 0.25) is 0 Å². The first kappa shape index (κ1) is 25.0. The Hall–Kier alpha value is -1.24. The Balaban J connectivity index is 2.00. The quantitative estimate of drug-likeness (QED) is 0.430. The first-order chi connectivity index (χ1) is 13.9. The number of hydrogen-bond acceptors (Lipinski definition) is 5. The molecule has 1 aliphatic heterocycles. The van der Waals surface area contributed by atoms with E-state index in [4.69, 9.17) is 9.47 Å². The average Bonchev–Trinajstić information content (AvgIpc) is 2.68. The second kappa shape index (κ2) is 9.92. The molecule has 0 spiro atoms. The average molecular weight is 421 g/mol. The number of hydrogen-bond donors (Lipinski definition) is 3. The van der Waals surface area contributed by atoms with E-state index in [1.165, 1.54) is 11.1 Å². The molecule has 3 unspecified atom stereocenters. The molecule has 30 heavy (non-hydrogen) atoms. The van der Waals surface area contributed by atoms with Gasteiger partial charge in [-0.1, -0.05) is 49.0 Å². The van der Waals surface area contributed by atoms with Gasteiger partial charge in [-0.25, -0.2) is 0 Å². The summed E-state index contributed by atoms with van der Waals surface area (Å²) in [5.74, 6) is 0.945. The van der Waals surface area contributed by atoms with Crippen LogP contribution in [0.3, 0.4) is 0 Å². The van der Waals surface area contributed by atoms with E-state index in [2.05, 4.69) is 46.1 Å². The molecule has 0 aromatic carbocycles. The molecule has 0 amide bonds. The molecule has 170 valence electrons. The van der Waals surface area contributed by atoms with Crippen molar-refractivity contribution in [1.82, 2.24) is 0 Å². The number of aliphatic hydroxyl groups excluding tert-OH is 3. The van der Waals surface area contributed by atoms with Crippen molar-refractivity contribution in [2.75, 3.05) is 6.61 Å². The van der Waals surface area contributed by atoms with Crippen LogP contribution in [0.5, 0.6) is 0 Å².